The largest absolute Gasteiger partial charge is 0.405 e. The van der Waals surface area contributed by atoms with Crippen LogP contribution in [0.5, 0.6) is 0 Å². The molecule has 6 heteroatoms. The van der Waals surface area contributed by atoms with E-state index in [1.807, 2.05) is 5.32 Å². The molecular formula is C13H21F3N2O. The molecule has 2 bridgehead atoms. The molecule has 4 unspecified atom stereocenters. The third kappa shape index (κ3) is 4.09. The van der Waals surface area contributed by atoms with Crippen LogP contribution in [0.25, 0.3) is 0 Å². The van der Waals surface area contributed by atoms with Gasteiger partial charge < -0.3 is 10.6 Å². The number of nitrogens with one attached hydrogen (secondary N) is 2. The van der Waals surface area contributed by atoms with Crippen molar-refractivity contribution >= 4 is 5.91 Å². The molecule has 2 rings (SSSR count). The van der Waals surface area contributed by atoms with Crippen molar-refractivity contribution in [2.24, 2.45) is 17.8 Å². The third-order valence-corrected chi connectivity index (χ3v) is 4.43. The molecule has 0 aromatic rings. The van der Waals surface area contributed by atoms with Gasteiger partial charge in [-0.15, -0.1) is 0 Å². The number of carbonyl (C=O) groups is 1. The molecule has 2 fully saturated rings. The quantitative estimate of drug-likeness (QED) is 0.808. The smallest absolute Gasteiger partial charge is 0.346 e. The minimum Gasteiger partial charge on any atom is -0.346 e. The van der Waals surface area contributed by atoms with E-state index in [9.17, 15) is 18.0 Å². The first-order valence-electron chi connectivity index (χ1n) is 6.93. The molecule has 2 saturated carbocycles. The molecule has 3 nitrogen and oxygen atoms in total. The van der Waals surface area contributed by atoms with Crippen LogP contribution in [0, 0.1) is 17.8 Å². The van der Waals surface area contributed by atoms with Gasteiger partial charge in [0.05, 0.1) is 6.04 Å². The molecule has 110 valence electrons. The lowest BCUT2D eigenvalue weighted by Crippen LogP contribution is -2.46. The molecule has 0 heterocycles. The van der Waals surface area contributed by atoms with Crippen molar-refractivity contribution in [2.75, 3.05) is 13.1 Å². The first kappa shape index (κ1) is 14.6. The maximum absolute atomic E-state index is 12.0. The van der Waals surface area contributed by atoms with Crippen molar-refractivity contribution < 1.29 is 18.0 Å². The summed E-state index contributed by atoms with van der Waals surface area (Å²) in [7, 11) is 0. The molecule has 2 aliphatic rings. The molecule has 0 aliphatic heterocycles. The molecule has 2 N–H and O–H groups in total. The van der Waals surface area contributed by atoms with Crippen molar-refractivity contribution in [3.63, 3.8) is 0 Å². The molecule has 0 aromatic carbocycles. The number of carbonyl (C=O) groups excluding carboxylic acids is 1. The summed E-state index contributed by atoms with van der Waals surface area (Å²) < 4.78 is 35.9. The van der Waals surface area contributed by atoms with Gasteiger partial charge in [0, 0.05) is 0 Å². The van der Waals surface area contributed by atoms with Crippen LogP contribution in [0.1, 0.15) is 32.6 Å². The monoisotopic (exact) mass is 278 g/mol. The number of fused-ring (bicyclic) bond motifs is 2. The Morgan fingerprint density at radius 3 is 2.58 bits per heavy atom. The predicted molar refractivity (Wildman–Crippen MR) is 65.5 cm³/mol. The maximum atomic E-state index is 12.0. The molecule has 0 spiro atoms. The molecule has 0 aromatic heterocycles. The van der Waals surface area contributed by atoms with E-state index in [-0.39, 0.29) is 0 Å². The van der Waals surface area contributed by atoms with E-state index < -0.39 is 24.7 Å². The van der Waals surface area contributed by atoms with Gasteiger partial charge in [-0.05, 0) is 50.5 Å². The number of alkyl halides is 3. The summed E-state index contributed by atoms with van der Waals surface area (Å²) in [6, 6.07) is -0.568. The van der Waals surface area contributed by atoms with Crippen molar-refractivity contribution in [1.82, 2.24) is 10.6 Å². The normalized spacial score (nSPS) is 31.5. The lowest BCUT2D eigenvalue weighted by atomic mass is 9.89. The number of hydrogen-bond acceptors (Lipinski definition) is 2. The van der Waals surface area contributed by atoms with Crippen molar-refractivity contribution in [3.8, 4) is 0 Å². The minimum absolute atomic E-state index is 0.568. The fraction of sp³-hybridized carbons (Fsp3) is 0.923. The second kappa shape index (κ2) is 5.69. The highest BCUT2D eigenvalue weighted by atomic mass is 19.4. The van der Waals surface area contributed by atoms with Gasteiger partial charge in [-0.1, -0.05) is 6.42 Å². The minimum atomic E-state index is -4.35. The Labute approximate surface area is 111 Å². The fourth-order valence-electron chi connectivity index (χ4n) is 3.39. The Balaban J connectivity index is 1.66. The topological polar surface area (TPSA) is 41.1 Å². The summed E-state index contributed by atoms with van der Waals surface area (Å²) in [6.45, 7) is 1.09. The van der Waals surface area contributed by atoms with E-state index in [0.29, 0.717) is 5.92 Å². The van der Waals surface area contributed by atoms with E-state index in [2.05, 4.69) is 5.32 Å². The van der Waals surface area contributed by atoms with Crippen LogP contribution < -0.4 is 10.6 Å². The summed E-state index contributed by atoms with van der Waals surface area (Å²) in [4.78, 5) is 11.5. The van der Waals surface area contributed by atoms with E-state index in [0.717, 1.165) is 18.4 Å². The summed E-state index contributed by atoms with van der Waals surface area (Å²) in [6.07, 6.45) is 0.740. The number of halogens is 3. The van der Waals surface area contributed by atoms with Gasteiger partial charge in [0.25, 0.3) is 0 Å². The van der Waals surface area contributed by atoms with Crippen molar-refractivity contribution in [2.45, 2.75) is 44.8 Å². The van der Waals surface area contributed by atoms with Gasteiger partial charge in [-0.3, -0.25) is 4.79 Å². The maximum Gasteiger partial charge on any atom is 0.405 e. The zero-order valence-electron chi connectivity index (χ0n) is 11.1. The van der Waals surface area contributed by atoms with E-state index in [1.54, 1.807) is 6.92 Å². The highest BCUT2D eigenvalue weighted by Crippen LogP contribution is 2.47. The summed E-state index contributed by atoms with van der Waals surface area (Å²) in [5, 5.41) is 4.97. The van der Waals surface area contributed by atoms with Crippen LogP contribution >= 0.6 is 0 Å². The van der Waals surface area contributed by atoms with Crippen LogP contribution in [0.2, 0.25) is 0 Å². The van der Waals surface area contributed by atoms with Gasteiger partial charge in [-0.2, -0.15) is 13.2 Å². The van der Waals surface area contributed by atoms with Crippen molar-refractivity contribution in [3.05, 3.63) is 0 Å². The lowest BCUT2D eigenvalue weighted by Gasteiger charge is -2.24. The zero-order valence-corrected chi connectivity index (χ0v) is 11.1. The highest BCUT2D eigenvalue weighted by molar-refractivity contribution is 5.81. The van der Waals surface area contributed by atoms with Gasteiger partial charge in [0.1, 0.15) is 6.54 Å². The standard InChI is InChI=1S/C13H21F3N2O/c1-8(12(19)18-7-13(14,15)16)17-6-11-5-9-2-3-10(11)4-9/h8-11,17H,2-7H2,1H3,(H,18,19). The van der Waals surface area contributed by atoms with Crippen LogP contribution in [0.3, 0.4) is 0 Å². The van der Waals surface area contributed by atoms with Crippen LogP contribution in [-0.2, 0) is 4.79 Å². The molecule has 1 amide bonds. The second-order valence-corrected chi connectivity index (χ2v) is 5.90. The molecule has 4 atom stereocenters. The number of amides is 1. The van der Waals surface area contributed by atoms with Crippen molar-refractivity contribution in [1.29, 1.82) is 0 Å². The van der Waals surface area contributed by atoms with E-state index in [1.165, 1.54) is 25.7 Å². The van der Waals surface area contributed by atoms with E-state index in [4.69, 9.17) is 0 Å². The average molecular weight is 278 g/mol. The molecule has 0 saturated heterocycles. The Morgan fingerprint density at radius 2 is 2.05 bits per heavy atom. The fourth-order valence-corrected chi connectivity index (χ4v) is 3.39. The van der Waals surface area contributed by atoms with Gasteiger partial charge in [0.15, 0.2) is 0 Å². The van der Waals surface area contributed by atoms with Gasteiger partial charge in [0.2, 0.25) is 5.91 Å². The number of rotatable bonds is 5. The predicted octanol–water partition coefficient (Wildman–Crippen LogP) is 2.08. The third-order valence-electron chi connectivity index (χ3n) is 4.43. The number of hydrogen-bond donors (Lipinski definition) is 2. The SMILES string of the molecule is CC(NCC1CC2CCC1C2)C(=O)NCC(F)(F)F. The Kier molecular flexibility index (Phi) is 4.38. The average Bonchev–Trinajstić information content (AvgIpc) is 2.93. The highest BCUT2D eigenvalue weighted by Gasteiger charge is 2.39. The molecular weight excluding hydrogens is 257 g/mol. The summed E-state index contributed by atoms with van der Waals surface area (Å²) in [5.41, 5.74) is 0. The first-order valence-corrected chi connectivity index (χ1v) is 6.93. The molecule has 0 radical (unpaired) electrons. The summed E-state index contributed by atoms with van der Waals surface area (Å²) >= 11 is 0. The van der Waals surface area contributed by atoms with Crippen LogP contribution in [0.4, 0.5) is 13.2 Å². The Morgan fingerprint density at radius 1 is 1.32 bits per heavy atom. The first-order chi connectivity index (χ1) is 8.85. The molecule has 2 aliphatic carbocycles. The zero-order chi connectivity index (χ0) is 14.0. The van der Waals surface area contributed by atoms with Crippen LogP contribution in [-0.4, -0.2) is 31.2 Å². The Hall–Kier alpha value is -0.780. The summed E-state index contributed by atoms with van der Waals surface area (Å²) in [5.74, 6) is 1.60. The second-order valence-electron chi connectivity index (χ2n) is 5.90. The molecule has 19 heavy (non-hydrogen) atoms. The van der Waals surface area contributed by atoms with Gasteiger partial charge in [-0.25, -0.2) is 0 Å². The van der Waals surface area contributed by atoms with Gasteiger partial charge >= 0.3 is 6.18 Å². The van der Waals surface area contributed by atoms with Crippen LogP contribution in [0.15, 0.2) is 0 Å². The lowest BCUT2D eigenvalue weighted by molar-refractivity contribution is -0.139. The Bertz CT molecular complexity index is 332. The van der Waals surface area contributed by atoms with E-state index >= 15 is 0 Å².